The molecule has 1 nitrogen and oxygen atoms in total. The standard InChI is InChI=1S/C40H26.C36H22O/c1-2-13-29-25-32(24-23-27(29)11-1)40-37-20-7-5-18-35(37)39(36-19-6-8-21-38(36)40)31-16-9-15-30(26-31)34-22-10-14-28-12-3-4-17-33(28)34;1-2-12-24(13-3-1)33-26-15-6-8-17-28(26)34(29-18-9-7-16-27(29)33)30-19-10-20-32-35(30)31-22-21-23-11-4-5-14-25(23)36(31)37-32/h1-26H;1-22H. The molecule has 0 N–H and O–H groups in total. The fourth-order valence-corrected chi connectivity index (χ4v) is 12.5. The van der Waals surface area contributed by atoms with E-state index in [9.17, 15) is 0 Å². The third-order valence-electron chi connectivity index (χ3n) is 15.9. The van der Waals surface area contributed by atoms with Crippen molar-refractivity contribution in [1.29, 1.82) is 0 Å². The zero-order chi connectivity index (χ0) is 50.8. The number of hydrogen-bond donors (Lipinski definition) is 0. The number of fused-ring (bicyclic) bond motifs is 11. The van der Waals surface area contributed by atoms with Gasteiger partial charge in [-0.2, -0.15) is 0 Å². The van der Waals surface area contributed by atoms with Gasteiger partial charge in [0, 0.05) is 16.2 Å². The largest absolute Gasteiger partial charge is 0.455 e. The molecule has 0 aliphatic carbocycles. The van der Waals surface area contributed by atoms with E-state index in [4.69, 9.17) is 4.42 Å². The summed E-state index contributed by atoms with van der Waals surface area (Å²) < 4.78 is 6.55. The van der Waals surface area contributed by atoms with Crippen LogP contribution in [0.2, 0.25) is 0 Å². The van der Waals surface area contributed by atoms with E-state index >= 15 is 0 Å². The van der Waals surface area contributed by atoms with Gasteiger partial charge in [-0.3, -0.25) is 0 Å². The molecule has 16 aromatic rings. The summed E-state index contributed by atoms with van der Waals surface area (Å²) in [7, 11) is 0. The van der Waals surface area contributed by atoms with E-state index in [0.717, 1.165) is 21.9 Å². The lowest BCUT2D eigenvalue weighted by atomic mass is 9.85. The van der Waals surface area contributed by atoms with Gasteiger partial charge in [0.2, 0.25) is 0 Å². The average Bonchev–Trinajstić information content (AvgIpc) is 4.03. The molecule has 0 saturated carbocycles. The minimum atomic E-state index is 0.921. The predicted molar refractivity (Wildman–Crippen MR) is 330 cm³/mol. The highest BCUT2D eigenvalue weighted by atomic mass is 16.3. The zero-order valence-corrected chi connectivity index (χ0v) is 42.1. The Hall–Kier alpha value is -10.1. The Morgan fingerprint density at radius 3 is 1.22 bits per heavy atom. The van der Waals surface area contributed by atoms with Crippen LogP contribution in [0.4, 0.5) is 0 Å². The molecule has 358 valence electrons. The highest BCUT2D eigenvalue weighted by Gasteiger charge is 2.22. The second-order valence-corrected chi connectivity index (χ2v) is 20.2. The fraction of sp³-hybridized carbons (Fsp3) is 0. The molecule has 0 spiro atoms. The summed E-state index contributed by atoms with van der Waals surface area (Å²) >= 11 is 0. The van der Waals surface area contributed by atoms with Crippen LogP contribution in [0, 0.1) is 0 Å². The van der Waals surface area contributed by atoms with Gasteiger partial charge in [0.25, 0.3) is 0 Å². The number of hydrogen-bond acceptors (Lipinski definition) is 1. The first-order valence-electron chi connectivity index (χ1n) is 26.6. The van der Waals surface area contributed by atoms with Gasteiger partial charge in [-0.25, -0.2) is 0 Å². The van der Waals surface area contributed by atoms with Gasteiger partial charge in [0.1, 0.15) is 11.2 Å². The van der Waals surface area contributed by atoms with Crippen molar-refractivity contribution in [2.75, 3.05) is 0 Å². The minimum absolute atomic E-state index is 0.921. The Morgan fingerprint density at radius 1 is 0.195 bits per heavy atom. The zero-order valence-electron chi connectivity index (χ0n) is 42.1. The van der Waals surface area contributed by atoms with Gasteiger partial charge in [0.05, 0.1) is 0 Å². The molecule has 0 saturated heterocycles. The molecule has 16 rings (SSSR count). The second kappa shape index (κ2) is 18.4. The van der Waals surface area contributed by atoms with Crippen molar-refractivity contribution in [2.24, 2.45) is 0 Å². The van der Waals surface area contributed by atoms with Gasteiger partial charge < -0.3 is 4.42 Å². The van der Waals surface area contributed by atoms with Crippen molar-refractivity contribution < 1.29 is 4.42 Å². The summed E-state index contributed by atoms with van der Waals surface area (Å²) in [6.07, 6.45) is 0. The van der Waals surface area contributed by atoms with Gasteiger partial charge in [-0.05, 0) is 150 Å². The van der Waals surface area contributed by atoms with Crippen molar-refractivity contribution in [3.05, 3.63) is 291 Å². The van der Waals surface area contributed by atoms with Crippen LogP contribution in [-0.4, -0.2) is 0 Å². The smallest absolute Gasteiger partial charge is 0.143 e. The van der Waals surface area contributed by atoms with Crippen molar-refractivity contribution in [2.45, 2.75) is 0 Å². The average molecular weight is 977 g/mol. The summed E-state index contributed by atoms with van der Waals surface area (Å²) in [6, 6.07) is 105. The van der Waals surface area contributed by atoms with Crippen LogP contribution < -0.4 is 0 Å². The van der Waals surface area contributed by atoms with Crippen LogP contribution in [0.1, 0.15) is 0 Å². The highest BCUT2D eigenvalue weighted by Crippen LogP contribution is 2.49. The summed E-state index contributed by atoms with van der Waals surface area (Å²) in [4.78, 5) is 0. The Kier molecular flexibility index (Phi) is 10.6. The highest BCUT2D eigenvalue weighted by molar-refractivity contribution is 6.27. The van der Waals surface area contributed by atoms with Crippen LogP contribution >= 0.6 is 0 Å². The van der Waals surface area contributed by atoms with Crippen molar-refractivity contribution >= 4 is 97.3 Å². The lowest BCUT2D eigenvalue weighted by Gasteiger charge is -2.18. The van der Waals surface area contributed by atoms with Crippen LogP contribution in [0.3, 0.4) is 0 Å². The summed E-state index contributed by atoms with van der Waals surface area (Å²) in [5.74, 6) is 0. The maximum Gasteiger partial charge on any atom is 0.143 e. The lowest BCUT2D eigenvalue weighted by molar-refractivity contribution is 0.673. The van der Waals surface area contributed by atoms with E-state index in [1.54, 1.807) is 0 Å². The van der Waals surface area contributed by atoms with E-state index in [1.807, 2.05) is 0 Å². The first kappa shape index (κ1) is 44.4. The molecular weight excluding hydrogens is 929 g/mol. The Labute approximate surface area is 446 Å². The van der Waals surface area contributed by atoms with Crippen LogP contribution in [0.15, 0.2) is 296 Å². The third-order valence-corrected chi connectivity index (χ3v) is 15.9. The summed E-state index contributed by atoms with van der Waals surface area (Å²) in [5.41, 5.74) is 14.4. The van der Waals surface area contributed by atoms with Gasteiger partial charge in [-0.15, -0.1) is 0 Å². The summed E-state index contributed by atoms with van der Waals surface area (Å²) in [6.45, 7) is 0. The van der Waals surface area contributed by atoms with E-state index in [-0.39, 0.29) is 0 Å². The van der Waals surface area contributed by atoms with E-state index in [1.165, 1.54) is 131 Å². The molecule has 0 unspecified atom stereocenters. The maximum atomic E-state index is 6.55. The topological polar surface area (TPSA) is 13.1 Å². The monoisotopic (exact) mass is 976 g/mol. The molecule has 1 heteroatoms. The lowest BCUT2D eigenvalue weighted by Crippen LogP contribution is -1.91. The molecule has 77 heavy (non-hydrogen) atoms. The molecule has 1 aromatic heterocycles. The SMILES string of the molecule is c1cc(-c2cccc3ccccc23)cc(-c2c3ccccc3c(-c3ccc4ccccc4c3)c3ccccc23)c1.c1ccc(-c2c3ccccc3c(-c3cccc4oc5c6ccccc6ccc5c34)c3ccccc23)cc1. The molecule has 0 radical (unpaired) electrons. The fourth-order valence-electron chi connectivity index (χ4n) is 12.5. The van der Waals surface area contributed by atoms with Crippen molar-refractivity contribution in [3.8, 4) is 55.6 Å². The number of rotatable bonds is 5. The molecule has 0 fully saturated rings. The van der Waals surface area contributed by atoms with E-state index in [0.29, 0.717) is 0 Å². The van der Waals surface area contributed by atoms with E-state index in [2.05, 4.69) is 291 Å². The molecule has 0 bridgehead atoms. The molecule has 0 aliphatic heterocycles. The van der Waals surface area contributed by atoms with E-state index < -0.39 is 0 Å². The minimum Gasteiger partial charge on any atom is -0.455 e. The van der Waals surface area contributed by atoms with Crippen molar-refractivity contribution in [3.63, 3.8) is 0 Å². The maximum absolute atomic E-state index is 6.55. The normalized spacial score (nSPS) is 11.6. The number of furan rings is 1. The molecule has 0 aliphatic rings. The Bertz CT molecular complexity index is 4860. The molecule has 15 aromatic carbocycles. The molecule has 1 heterocycles. The van der Waals surface area contributed by atoms with Crippen LogP contribution in [0.25, 0.3) is 153 Å². The Morgan fingerprint density at radius 2 is 0.597 bits per heavy atom. The predicted octanol–water partition coefficient (Wildman–Crippen LogP) is 21.7. The second-order valence-electron chi connectivity index (χ2n) is 20.2. The molecule has 0 atom stereocenters. The first-order valence-corrected chi connectivity index (χ1v) is 26.6. The van der Waals surface area contributed by atoms with Crippen LogP contribution in [0.5, 0.6) is 0 Å². The third kappa shape index (κ3) is 7.39. The van der Waals surface area contributed by atoms with Crippen LogP contribution in [-0.2, 0) is 0 Å². The molecular formula is C76H48O. The van der Waals surface area contributed by atoms with Gasteiger partial charge >= 0.3 is 0 Å². The van der Waals surface area contributed by atoms with Crippen molar-refractivity contribution in [1.82, 2.24) is 0 Å². The Balaban J connectivity index is 0.000000135. The quantitative estimate of drug-likeness (QED) is 0.157. The number of benzene rings is 15. The summed E-state index contributed by atoms with van der Waals surface area (Å²) in [5, 5.41) is 19.9. The molecule has 0 amide bonds. The van der Waals surface area contributed by atoms with Gasteiger partial charge in [0.15, 0.2) is 0 Å². The first-order chi connectivity index (χ1) is 38.2. The van der Waals surface area contributed by atoms with Gasteiger partial charge in [-0.1, -0.05) is 267 Å².